The molecule has 0 bridgehead atoms. The quantitative estimate of drug-likeness (QED) is 0.341. The van der Waals surface area contributed by atoms with E-state index in [2.05, 4.69) is 21.2 Å². The molecule has 0 radical (unpaired) electrons. The first-order chi connectivity index (χ1) is 18.2. The minimum Gasteiger partial charge on any atom is -0.350 e. The molecule has 0 aliphatic rings. The number of halogens is 1. The molecule has 0 aliphatic carbocycles. The topological polar surface area (TPSA) is 86.8 Å². The smallest absolute Gasteiger partial charge is 0.264 e. The molecule has 3 aromatic rings. The Balaban J connectivity index is 2.03. The second kappa shape index (κ2) is 12.3. The summed E-state index contributed by atoms with van der Waals surface area (Å²) in [6, 6.07) is 20.1. The molecule has 0 saturated heterocycles. The van der Waals surface area contributed by atoms with Gasteiger partial charge < -0.3 is 10.2 Å². The summed E-state index contributed by atoms with van der Waals surface area (Å²) in [6.07, 6.45) is 0. The predicted octanol–water partition coefficient (Wildman–Crippen LogP) is 5.59. The average molecular weight is 615 g/mol. The van der Waals surface area contributed by atoms with Gasteiger partial charge in [-0.05, 0) is 83.5 Å². The highest BCUT2D eigenvalue weighted by molar-refractivity contribution is 9.10. The monoisotopic (exact) mass is 613 g/mol. The largest absolute Gasteiger partial charge is 0.350 e. The summed E-state index contributed by atoms with van der Waals surface area (Å²) in [4.78, 5) is 28.6. The molecule has 0 saturated carbocycles. The van der Waals surface area contributed by atoms with Crippen LogP contribution in [0.3, 0.4) is 0 Å². The molecule has 2 amide bonds. The van der Waals surface area contributed by atoms with Gasteiger partial charge in [-0.15, -0.1) is 0 Å². The first-order valence-corrected chi connectivity index (χ1v) is 14.9. The van der Waals surface area contributed by atoms with E-state index in [1.54, 1.807) is 43.3 Å². The van der Waals surface area contributed by atoms with Crippen molar-refractivity contribution >= 4 is 43.5 Å². The standard InChI is InChI=1S/C30H36BrN3O4S/c1-21-10-14-26(15-11-21)34(39(37,38)27-16-12-22(2)13-17-27)20-28(35)33(19-24-8-7-9-25(31)18-24)23(3)29(36)32-30(4,5)6/h7-18,23H,19-20H2,1-6H3,(H,32,36)/t23-/m0/s1. The second-order valence-electron chi connectivity index (χ2n) is 10.7. The van der Waals surface area contributed by atoms with E-state index in [0.717, 1.165) is 25.5 Å². The van der Waals surface area contributed by atoms with Crippen molar-refractivity contribution < 1.29 is 18.0 Å². The predicted molar refractivity (Wildman–Crippen MR) is 159 cm³/mol. The van der Waals surface area contributed by atoms with Crippen LogP contribution < -0.4 is 9.62 Å². The Morgan fingerprint density at radius 3 is 2.03 bits per heavy atom. The summed E-state index contributed by atoms with van der Waals surface area (Å²) < 4.78 is 29.7. The summed E-state index contributed by atoms with van der Waals surface area (Å²) >= 11 is 3.46. The molecule has 7 nitrogen and oxygen atoms in total. The number of aryl methyl sites for hydroxylation is 2. The Bertz CT molecular complexity index is 1420. The van der Waals surface area contributed by atoms with Crippen LogP contribution in [0.1, 0.15) is 44.4 Å². The molecule has 0 fully saturated rings. The molecule has 0 aliphatic heterocycles. The van der Waals surface area contributed by atoms with Crippen LogP contribution in [0.4, 0.5) is 5.69 Å². The van der Waals surface area contributed by atoms with E-state index in [-0.39, 0.29) is 17.3 Å². The van der Waals surface area contributed by atoms with Crippen LogP contribution >= 0.6 is 15.9 Å². The van der Waals surface area contributed by atoms with E-state index in [1.165, 1.54) is 17.0 Å². The molecule has 0 unspecified atom stereocenters. The number of carbonyl (C=O) groups excluding carboxylic acids is 2. The maximum absolute atomic E-state index is 14.0. The van der Waals surface area contributed by atoms with Gasteiger partial charge in [-0.25, -0.2) is 8.42 Å². The van der Waals surface area contributed by atoms with Crippen molar-refractivity contribution in [2.75, 3.05) is 10.8 Å². The number of sulfonamides is 1. The maximum atomic E-state index is 14.0. The van der Waals surface area contributed by atoms with Crippen molar-refractivity contribution in [3.05, 3.63) is 94.0 Å². The van der Waals surface area contributed by atoms with E-state index in [0.29, 0.717) is 5.69 Å². The van der Waals surface area contributed by atoms with Crippen LogP contribution in [-0.2, 0) is 26.2 Å². The van der Waals surface area contributed by atoms with E-state index in [1.807, 2.05) is 58.9 Å². The first kappa shape index (κ1) is 30.4. The summed E-state index contributed by atoms with van der Waals surface area (Å²) in [5.74, 6) is -0.822. The van der Waals surface area contributed by atoms with Gasteiger partial charge >= 0.3 is 0 Å². The SMILES string of the molecule is Cc1ccc(N(CC(=O)N(Cc2cccc(Br)c2)[C@@H](C)C(=O)NC(C)(C)C)S(=O)(=O)c2ccc(C)cc2)cc1. The fourth-order valence-corrected chi connectivity index (χ4v) is 5.83. The molecule has 0 heterocycles. The fraction of sp³-hybridized carbons (Fsp3) is 0.333. The molecule has 1 N–H and O–H groups in total. The number of rotatable bonds is 9. The fourth-order valence-electron chi connectivity index (χ4n) is 3.97. The van der Waals surface area contributed by atoms with Crippen LogP contribution in [-0.4, -0.2) is 43.3 Å². The normalized spacial score (nSPS) is 12.5. The van der Waals surface area contributed by atoms with Crippen molar-refractivity contribution in [1.82, 2.24) is 10.2 Å². The summed E-state index contributed by atoms with van der Waals surface area (Å²) in [6.45, 7) is 10.7. The summed E-state index contributed by atoms with van der Waals surface area (Å²) in [7, 11) is -4.09. The number of hydrogen-bond donors (Lipinski definition) is 1. The third kappa shape index (κ3) is 8.16. The molecule has 0 aromatic heterocycles. The van der Waals surface area contributed by atoms with E-state index in [4.69, 9.17) is 0 Å². The van der Waals surface area contributed by atoms with Crippen LogP contribution in [0.2, 0.25) is 0 Å². The number of nitrogens with one attached hydrogen (secondary N) is 1. The Morgan fingerprint density at radius 2 is 1.49 bits per heavy atom. The molecule has 1 atom stereocenters. The maximum Gasteiger partial charge on any atom is 0.264 e. The summed E-state index contributed by atoms with van der Waals surface area (Å²) in [5.41, 5.74) is 2.55. The zero-order valence-electron chi connectivity index (χ0n) is 23.2. The molecule has 3 rings (SSSR count). The highest BCUT2D eigenvalue weighted by Crippen LogP contribution is 2.25. The highest BCUT2D eigenvalue weighted by Gasteiger charge is 2.33. The molecular weight excluding hydrogens is 578 g/mol. The molecule has 0 spiro atoms. The van der Waals surface area contributed by atoms with Crippen molar-refractivity contribution in [3.8, 4) is 0 Å². The molecule has 3 aromatic carbocycles. The van der Waals surface area contributed by atoms with Crippen LogP contribution in [0.25, 0.3) is 0 Å². The second-order valence-corrected chi connectivity index (χ2v) is 13.5. The Labute approximate surface area is 240 Å². The number of hydrogen-bond acceptors (Lipinski definition) is 4. The van der Waals surface area contributed by atoms with Gasteiger partial charge in [-0.2, -0.15) is 0 Å². The average Bonchev–Trinajstić information content (AvgIpc) is 2.85. The van der Waals surface area contributed by atoms with E-state index >= 15 is 0 Å². The van der Waals surface area contributed by atoms with E-state index < -0.39 is 34.1 Å². The van der Waals surface area contributed by atoms with Gasteiger partial charge in [-0.1, -0.05) is 63.5 Å². The van der Waals surface area contributed by atoms with Crippen molar-refractivity contribution in [2.45, 2.75) is 64.6 Å². The Kier molecular flexibility index (Phi) is 9.61. The minimum atomic E-state index is -4.09. The zero-order chi connectivity index (χ0) is 29.0. The lowest BCUT2D eigenvalue weighted by atomic mass is 10.1. The third-order valence-electron chi connectivity index (χ3n) is 6.12. The Morgan fingerprint density at radius 1 is 0.923 bits per heavy atom. The van der Waals surface area contributed by atoms with Gasteiger partial charge in [0.15, 0.2) is 0 Å². The van der Waals surface area contributed by atoms with Crippen LogP contribution in [0, 0.1) is 13.8 Å². The number of benzene rings is 3. The molecular formula is C30H36BrN3O4S. The third-order valence-corrected chi connectivity index (χ3v) is 8.40. The molecule has 39 heavy (non-hydrogen) atoms. The van der Waals surface area contributed by atoms with Gasteiger partial charge in [0.1, 0.15) is 12.6 Å². The van der Waals surface area contributed by atoms with E-state index in [9.17, 15) is 18.0 Å². The number of carbonyl (C=O) groups is 2. The van der Waals surface area contributed by atoms with Gasteiger partial charge in [-0.3, -0.25) is 13.9 Å². The molecule has 208 valence electrons. The number of anilines is 1. The zero-order valence-corrected chi connectivity index (χ0v) is 25.6. The van der Waals surface area contributed by atoms with Gasteiger partial charge in [0.25, 0.3) is 10.0 Å². The van der Waals surface area contributed by atoms with Gasteiger partial charge in [0.05, 0.1) is 10.6 Å². The molecule has 9 heteroatoms. The first-order valence-electron chi connectivity index (χ1n) is 12.7. The number of nitrogens with zero attached hydrogens (tertiary/aromatic N) is 2. The van der Waals surface area contributed by atoms with Crippen molar-refractivity contribution in [2.24, 2.45) is 0 Å². The summed E-state index contributed by atoms with van der Waals surface area (Å²) in [5, 5.41) is 2.93. The van der Waals surface area contributed by atoms with Gasteiger partial charge in [0, 0.05) is 16.6 Å². The van der Waals surface area contributed by atoms with Crippen LogP contribution in [0.15, 0.2) is 82.2 Å². The van der Waals surface area contributed by atoms with Gasteiger partial charge in [0.2, 0.25) is 11.8 Å². The van der Waals surface area contributed by atoms with Crippen molar-refractivity contribution in [3.63, 3.8) is 0 Å². The lowest BCUT2D eigenvalue weighted by Gasteiger charge is -2.33. The van der Waals surface area contributed by atoms with Crippen LogP contribution in [0.5, 0.6) is 0 Å². The lowest BCUT2D eigenvalue weighted by Crippen LogP contribution is -2.54. The highest BCUT2D eigenvalue weighted by atomic mass is 79.9. The number of amides is 2. The lowest BCUT2D eigenvalue weighted by molar-refractivity contribution is -0.140. The Hall–Kier alpha value is -3.17. The minimum absolute atomic E-state index is 0.0820. The van der Waals surface area contributed by atoms with Crippen molar-refractivity contribution in [1.29, 1.82) is 0 Å².